The van der Waals surface area contributed by atoms with Gasteiger partial charge in [-0.1, -0.05) is 12.1 Å². The molecule has 0 bridgehead atoms. The highest BCUT2D eigenvalue weighted by Gasteiger charge is 2.38. The Bertz CT molecular complexity index is 335. The Morgan fingerprint density at radius 1 is 1.23 bits per heavy atom. The first-order valence-electron chi connectivity index (χ1n) is 3.31. The van der Waals surface area contributed by atoms with Gasteiger partial charge in [0.25, 0.3) is 0 Å². The summed E-state index contributed by atoms with van der Waals surface area (Å²) in [4.78, 5) is 10.2. The van der Waals surface area contributed by atoms with Crippen molar-refractivity contribution >= 4 is 5.69 Å². The Labute approximate surface area is 71.5 Å². The molecule has 0 unspecified atom stereocenters. The van der Waals surface area contributed by atoms with E-state index in [4.69, 9.17) is 0 Å². The van der Waals surface area contributed by atoms with Gasteiger partial charge in [0.1, 0.15) is 5.56 Å². The van der Waals surface area contributed by atoms with E-state index in [9.17, 15) is 18.1 Å². The van der Waals surface area contributed by atoms with Crippen LogP contribution in [0.3, 0.4) is 0 Å². The maximum absolute atomic E-state index is 12.2. The number of nitrogens with two attached hydrogens (primary N) is 1. The van der Waals surface area contributed by atoms with Gasteiger partial charge in [0, 0.05) is 6.07 Å². The fourth-order valence-corrected chi connectivity index (χ4v) is 0.906. The van der Waals surface area contributed by atoms with Crippen molar-refractivity contribution in [2.75, 3.05) is 0 Å². The molecule has 0 fully saturated rings. The molecule has 0 radical (unpaired) electrons. The van der Waals surface area contributed by atoms with Crippen LogP contribution in [0.2, 0.25) is 0 Å². The summed E-state index contributed by atoms with van der Waals surface area (Å²) in [6, 6.07) is 4.31. The van der Waals surface area contributed by atoms with Crippen molar-refractivity contribution in [2.45, 2.75) is 6.18 Å². The van der Waals surface area contributed by atoms with E-state index in [0.29, 0.717) is 0 Å². The zero-order valence-electron chi connectivity index (χ0n) is 6.38. The van der Waals surface area contributed by atoms with E-state index < -0.39 is 17.4 Å². The molecular formula is C7H6F3N2O+. The summed E-state index contributed by atoms with van der Waals surface area (Å²) in [5, 5.41) is 0. The molecule has 0 heterocycles. The number of rotatable bonds is 1. The number of para-hydroxylation sites is 1. The molecule has 0 aliphatic carbocycles. The number of nitrogens with zero attached hydrogens (tertiary/aromatic N) is 1. The lowest BCUT2D eigenvalue weighted by molar-refractivity contribution is -0.476. The average molecular weight is 191 g/mol. The van der Waals surface area contributed by atoms with Crippen molar-refractivity contribution in [3.05, 3.63) is 34.7 Å². The van der Waals surface area contributed by atoms with Crippen LogP contribution >= 0.6 is 0 Å². The number of hydrazine groups is 1. The second-order valence-corrected chi connectivity index (χ2v) is 2.34. The molecule has 0 spiro atoms. The van der Waals surface area contributed by atoms with Crippen molar-refractivity contribution in [1.29, 1.82) is 0 Å². The fourth-order valence-electron chi connectivity index (χ4n) is 0.906. The number of nitroso groups, excluding NO2 is 1. The number of benzene rings is 1. The lowest BCUT2D eigenvalue weighted by atomic mass is 10.2. The van der Waals surface area contributed by atoms with Gasteiger partial charge in [-0.05, 0) is 6.07 Å². The maximum atomic E-state index is 12.2. The summed E-state index contributed by atoms with van der Waals surface area (Å²) in [7, 11) is 0. The van der Waals surface area contributed by atoms with Crippen LogP contribution in [0.25, 0.3) is 0 Å². The van der Waals surface area contributed by atoms with E-state index in [0.717, 1.165) is 12.1 Å². The van der Waals surface area contributed by atoms with E-state index in [2.05, 4.69) is 5.84 Å². The molecule has 0 saturated carbocycles. The fraction of sp³-hybridized carbons (Fsp3) is 0.143. The summed E-state index contributed by atoms with van der Waals surface area (Å²) in [5.41, 5.74) is -1.62. The minimum absolute atomic E-state index is 0.303. The van der Waals surface area contributed by atoms with Crippen LogP contribution in [0.4, 0.5) is 18.9 Å². The molecule has 2 N–H and O–H groups in total. The maximum Gasteiger partial charge on any atom is 0.423 e. The quantitative estimate of drug-likeness (QED) is 0.419. The molecule has 1 rings (SSSR count). The summed E-state index contributed by atoms with van der Waals surface area (Å²) in [6.45, 7) is 0. The average Bonchev–Trinajstić information content (AvgIpc) is 2.03. The van der Waals surface area contributed by atoms with Gasteiger partial charge in [0.2, 0.25) is 0 Å². The van der Waals surface area contributed by atoms with Gasteiger partial charge in [-0.25, -0.2) is 0 Å². The number of hydrogen-bond acceptors (Lipinski definition) is 1. The monoisotopic (exact) mass is 191 g/mol. The summed E-state index contributed by atoms with van der Waals surface area (Å²) in [5.74, 6) is 4.69. The van der Waals surface area contributed by atoms with E-state index >= 15 is 0 Å². The summed E-state index contributed by atoms with van der Waals surface area (Å²) >= 11 is 0. The highest BCUT2D eigenvalue weighted by Crippen LogP contribution is 2.34. The highest BCUT2D eigenvalue weighted by molar-refractivity contribution is 5.41. The molecule has 0 saturated heterocycles. The molecule has 0 aliphatic rings. The van der Waals surface area contributed by atoms with Crippen LogP contribution in [-0.2, 0) is 6.18 Å². The first kappa shape index (κ1) is 9.50. The molecule has 1 aromatic rings. The van der Waals surface area contributed by atoms with E-state index in [1.54, 1.807) is 0 Å². The van der Waals surface area contributed by atoms with Crippen molar-refractivity contribution in [2.24, 2.45) is 5.84 Å². The number of hydrogen-bond donors (Lipinski definition) is 1. The summed E-state index contributed by atoms with van der Waals surface area (Å²) < 4.78 is 36.6. The molecular weight excluding hydrogens is 185 g/mol. The lowest BCUT2D eigenvalue weighted by Gasteiger charge is -2.04. The van der Waals surface area contributed by atoms with E-state index in [1.807, 2.05) is 0 Å². The Hall–Kier alpha value is -1.59. The Balaban J connectivity index is 3.28. The predicted octanol–water partition coefficient (Wildman–Crippen LogP) is 1.99. The van der Waals surface area contributed by atoms with Crippen molar-refractivity contribution in [3.8, 4) is 0 Å². The number of alkyl halides is 3. The van der Waals surface area contributed by atoms with Crippen LogP contribution in [0.15, 0.2) is 24.3 Å². The van der Waals surface area contributed by atoms with Gasteiger partial charge in [-0.2, -0.15) is 19.0 Å². The minimum Gasteiger partial charge on any atom is -0.166 e. The topological polar surface area (TPSA) is 46.1 Å². The van der Waals surface area contributed by atoms with Crippen molar-refractivity contribution in [3.63, 3.8) is 0 Å². The third-order valence-corrected chi connectivity index (χ3v) is 1.45. The van der Waals surface area contributed by atoms with E-state index in [1.165, 1.54) is 12.1 Å². The number of halogens is 3. The van der Waals surface area contributed by atoms with Crippen LogP contribution in [0.1, 0.15) is 5.56 Å². The molecule has 1 aromatic carbocycles. The molecule has 0 aliphatic heterocycles. The molecule has 3 nitrogen and oxygen atoms in total. The molecule has 0 amide bonds. The van der Waals surface area contributed by atoms with Crippen LogP contribution in [0, 0.1) is 4.91 Å². The highest BCUT2D eigenvalue weighted by atomic mass is 19.4. The minimum atomic E-state index is -4.56. The van der Waals surface area contributed by atoms with Crippen molar-refractivity contribution < 1.29 is 18.0 Å². The van der Waals surface area contributed by atoms with Gasteiger partial charge in [-0.3, -0.25) is 0 Å². The van der Waals surface area contributed by atoms with Gasteiger partial charge in [-0.15, -0.1) is 0 Å². The second-order valence-electron chi connectivity index (χ2n) is 2.34. The molecule has 6 heteroatoms. The standard InChI is InChI=1S/C7H6F3N2O/c8-7(9,10)5-3-1-2-4-6(5)12(11)13/h1-4H,(H2,11,13)/q+1. The molecule has 13 heavy (non-hydrogen) atoms. The van der Waals surface area contributed by atoms with E-state index in [-0.39, 0.29) is 4.87 Å². The third kappa shape index (κ3) is 1.95. The Morgan fingerprint density at radius 3 is 2.15 bits per heavy atom. The Morgan fingerprint density at radius 2 is 1.77 bits per heavy atom. The zero-order valence-corrected chi connectivity index (χ0v) is 6.38. The smallest absolute Gasteiger partial charge is 0.166 e. The molecule has 0 aromatic heterocycles. The van der Waals surface area contributed by atoms with Gasteiger partial charge >= 0.3 is 11.9 Å². The second kappa shape index (κ2) is 3.04. The zero-order chi connectivity index (χ0) is 10.1. The predicted molar refractivity (Wildman–Crippen MR) is 38.9 cm³/mol. The normalized spacial score (nSPS) is 11.3. The third-order valence-electron chi connectivity index (χ3n) is 1.45. The first-order chi connectivity index (χ1) is 5.93. The van der Waals surface area contributed by atoms with Crippen LogP contribution in [-0.4, -0.2) is 4.87 Å². The largest absolute Gasteiger partial charge is 0.423 e. The SMILES string of the molecule is N[N+](=O)c1ccccc1C(F)(F)F. The lowest BCUT2D eigenvalue weighted by Crippen LogP contribution is -2.15. The van der Waals surface area contributed by atoms with Gasteiger partial charge in [0.15, 0.2) is 4.87 Å². The first-order valence-corrected chi connectivity index (χ1v) is 3.31. The van der Waals surface area contributed by atoms with Crippen molar-refractivity contribution in [1.82, 2.24) is 0 Å². The summed E-state index contributed by atoms with van der Waals surface area (Å²) in [6.07, 6.45) is -4.56. The molecule has 0 atom stereocenters. The Kier molecular flexibility index (Phi) is 2.22. The van der Waals surface area contributed by atoms with Crippen LogP contribution in [0.5, 0.6) is 0 Å². The van der Waals surface area contributed by atoms with Gasteiger partial charge < -0.3 is 0 Å². The van der Waals surface area contributed by atoms with Gasteiger partial charge in [0.05, 0.1) is 4.91 Å². The molecule has 70 valence electrons. The van der Waals surface area contributed by atoms with Crippen LogP contribution < -0.4 is 5.84 Å².